The lowest BCUT2D eigenvalue weighted by Crippen LogP contribution is -2.00. The molecule has 7 aromatic carbocycles. The molecule has 0 N–H and O–H groups in total. The number of fused-ring (bicyclic) bond motifs is 10. The summed E-state index contributed by atoms with van der Waals surface area (Å²) >= 11 is 0. The lowest BCUT2D eigenvalue weighted by molar-refractivity contribution is 0.669. The topological polar surface area (TPSA) is 65.0 Å². The molecule has 3 heterocycles. The fraction of sp³-hybridized carbons (Fsp3) is 0. The van der Waals surface area contributed by atoms with Gasteiger partial charge in [0.2, 0.25) is 0 Å². The van der Waals surface area contributed by atoms with Gasteiger partial charge in [0.15, 0.2) is 17.5 Å². The van der Waals surface area contributed by atoms with E-state index in [4.69, 9.17) is 23.8 Å². The van der Waals surface area contributed by atoms with Crippen LogP contribution in [-0.2, 0) is 0 Å². The molecular weight excluding hydrogens is 590 g/mol. The fourth-order valence-corrected chi connectivity index (χ4v) is 7.54. The van der Waals surface area contributed by atoms with Gasteiger partial charge in [0.05, 0.1) is 0 Å². The molecule has 3 aromatic heterocycles. The second kappa shape index (κ2) is 9.47. The monoisotopic (exact) mass is 613 g/mol. The van der Waals surface area contributed by atoms with E-state index in [9.17, 15) is 0 Å². The number of rotatable bonds is 3. The van der Waals surface area contributed by atoms with Crippen molar-refractivity contribution in [1.29, 1.82) is 0 Å². The number of hydrogen-bond acceptors (Lipinski definition) is 5. The van der Waals surface area contributed by atoms with Crippen molar-refractivity contribution >= 4 is 54.6 Å². The Morgan fingerprint density at radius 1 is 0.333 bits per heavy atom. The van der Waals surface area contributed by atoms with Crippen molar-refractivity contribution in [3.63, 3.8) is 0 Å². The summed E-state index contributed by atoms with van der Waals surface area (Å²) in [6.07, 6.45) is 0. The minimum atomic E-state index is 0.578. The molecule has 0 radical (unpaired) electrons. The molecule has 48 heavy (non-hydrogen) atoms. The van der Waals surface area contributed by atoms with Crippen molar-refractivity contribution in [3.05, 3.63) is 140 Å². The van der Waals surface area contributed by atoms with Crippen LogP contribution in [0.15, 0.2) is 148 Å². The summed E-state index contributed by atoms with van der Waals surface area (Å²) in [5.74, 6) is 1.77. The summed E-state index contributed by atoms with van der Waals surface area (Å²) in [5.41, 5.74) is 11.0. The smallest absolute Gasteiger partial charge is 0.164 e. The average molecular weight is 614 g/mol. The normalized spacial score (nSPS) is 12.2. The SMILES string of the molecule is c1ccc(-c2nc(-c3ccc4c(c3)oc3c5cccc6c5c(cc43)-c3ccccc3-6)nc(-c3cccc4oc5ccccc5c34)n2)cc1. The van der Waals surface area contributed by atoms with Gasteiger partial charge < -0.3 is 8.83 Å². The molecule has 1 aliphatic carbocycles. The van der Waals surface area contributed by atoms with Gasteiger partial charge in [-0.25, -0.2) is 15.0 Å². The van der Waals surface area contributed by atoms with E-state index < -0.39 is 0 Å². The first kappa shape index (κ1) is 25.6. The lowest BCUT2D eigenvalue weighted by Gasteiger charge is -2.09. The van der Waals surface area contributed by atoms with Crippen LogP contribution in [0, 0.1) is 0 Å². The molecule has 11 rings (SSSR count). The van der Waals surface area contributed by atoms with Gasteiger partial charge in [0.1, 0.15) is 22.3 Å². The van der Waals surface area contributed by atoms with Gasteiger partial charge in [0.25, 0.3) is 0 Å². The first-order valence-electron chi connectivity index (χ1n) is 16.0. The maximum Gasteiger partial charge on any atom is 0.164 e. The molecule has 0 unspecified atom stereocenters. The van der Waals surface area contributed by atoms with Crippen LogP contribution in [0.4, 0.5) is 0 Å². The number of furan rings is 2. The van der Waals surface area contributed by atoms with E-state index in [2.05, 4.69) is 78.9 Å². The van der Waals surface area contributed by atoms with Gasteiger partial charge >= 0.3 is 0 Å². The van der Waals surface area contributed by atoms with Gasteiger partial charge in [-0.05, 0) is 52.6 Å². The maximum atomic E-state index is 6.71. The van der Waals surface area contributed by atoms with Crippen LogP contribution in [0.5, 0.6) is 0 Å². The summed E-state index contributed by atoms with van der Waals surface area (Å²) in [4.78, 5) is 15.1. The molecule has 0 bridgehead atoms. The predicted octanol–water partition coefficient (Wildman–Crippen LogP) is 11.5. The third-order valence-corrected chi connectivity index (χ3v) is 9.67. The molecule has 222 valence electrons. The van der Waals surface area contributed by atoms with Gasteiger partial charge in [-0.2, -0.15) is 0 Å². The van der Waals surface area contributed by atoms with Crippen molar-refractivity contribution in [3.8, 4) is 56.4 Å². The summed E-state index contributed by atoms with van der Waals surface area (Å²) in [6, 6.07) is 47.9. The van der Waals surface area contributed by atoms with Crippen molar-refractivity contribution in [1.82, 2.24) is 15.0 Å². The van der Waals surface area contributed by atoms with Crippen molar-refractivity contribution in [2.45, 2.75) is 0 Å². The van der Waals surface area contributed by atoms with Gasteiger partial charge in [-0.15, -0.1) is 0 Å². The molecule has 5 heteroatoms. The summed E-state index contributed by atoms with van der Waals surface area (Å²) in [5, 5.41) is 6.56. The average Bonchev–Trinajstić information content (AvgIpc) is 3.82. The molecule has 10 aromatic rings. The van der Waals surface area contributed by atoms with Crippen LogP contribution < -0.4 is 0 Å². The Labute approximate surface area is 273 Å². The Kier molecular flexibility index (Phi) is 5.05. The van der Waals surface area contributed by atoms with E-state index in [1.165, 1.54) is 27.6 Å². The van der Waals surface area contributed by atoms with Crippen LogP contribution in [0.3, 0.4) is 0 Å². The van der Waals surface area contributed by atoms with Gasteiger partial charge in [-0.3, -0.25) is 0 Å². The molecule has 0 spiro atoms. The fourth-order valence-electron chi connectivity index (χ4n) is 7.54. The van der Waals surface area contributed by atoms with Crippen LogP contribution in [0.1, 0.15) is 0 Å². The number of benzene rings is 7. The highest BCUT2D eigenvalue weighted by atomic mass is 16.3. The van der Waals surface area contributed by atoms with Crippen molar-refractivity contribution in [2.75, 3.05) is 0 Å². The second-order valence-corrected chi connectivity index (χ2v) is 12.3. The maximum absolute atomic E-state index is 6.71. The molecule has 0 aliphatic heterocycles. The Hall–Kier alpha value is -6.59. The number of para-hydroxylation sites is 1. The molecule has 1 aliphatic rings. The molecule has 0 saturated carbocycles. The van der Waals surface area contributed by atoms with Gasteiger partial charge in [0, 0.05) is 49.0 Å². The quantitative estimate of drug-likeness (QED) is 0.198. The van der Waals surface area contributed by atoms with E-state index >= 15 is 0 Å². The molecule has 0 saturated heterocycles. The Bertz CT molecular complexity index is 2960. The summed E-state index contributed by atoms with van der Waals surface area (Å²) in [7, 11) is 0. The van der Waals surface area contributed by atoms with Crippen LogP contribution in [0.2, 0.25) is 0 Å². The Balaban J connectivity index is 1.14. The highest BCUT2D eigenvalue weighted by molar-refractivity contribution is 6.26. The Morgan fingerprint density at radius 3 is 1.90 bits per heavy atom. The summed E-state index contributed by atoms with van der Waals surface area (Å²) in [6.45, 7) is 0. The number of nitrogens with zero attached hydrogens (tertiary/aromatic N) is 3. The zero-order valence-corrected chi connectivity index (χ0v) is 25.4. The van der Waals surface area contributed by atoms with Crippen molar-refractivity contribution < 1.29 is 8.83 Å². The van der Waals surface area contributed by atoms with Crippen LogP contribution in [0.25, 0.3) is 111 Å². The lowest BCUT2D eigenvalue weighted by atomic mass is 9.99. The van der Waals surface area contributed by atoms with E-state index in [-0.39, 0.29) is 0 Å². The van der Waals surface area contributed by atoms with Gasteiger partial charge in [-0.1, -0.05) is 109 Å². The molecule has 5 nitrogen and oxygen atoms in total. The standard InChI is InChI=1S/C43H23N3O2/c1-2-10-24(11-3-1)41-44-42(46-43(45-41)32-17-9-19-36-39(32)30-14-6-7-18-35(30)47-36)25-20-21-28-34-23-33-27-13-5-4-12-26(27)29-15-8-16-31(38(29)33)40(34)48-37(28)22-25/h1-23H. The first-order valence-corrected chi connectivity index (χ1v) is 16.0. The zero-order valence-electron chi connectivity index (χ0n) is 25.4. The minimum Gasteiger partial charge on any atom is -0.456 e. The third-order valence-electron chi connectivity index (χ3n) is 9.67. The second-order valence-electron chi connectivity index (χ2n) is 12.3. The molecule has 0 fully saturated rings. The van der Waals surface area contributed by atoms with Crippen molar-refractivity contribution in [2.24, 2.45) is 0 Å². The van der Waals surface area contributed by atoms with E-state index in [0.717, 1.165) is 66.0 Å². The minimum absolute atomic E-state index is 0.578. The highest BCUT2D eigenvalue weighted by Gasteiger charge is 2.25. The number of hydrogen-bond donors (Lipinski definition) is 0. The third kappa shape index (κ3) is 3.53. The largest absolute Gasteiger partial charge is 0.456 e. The molecule has 0 amide bonds. The van der Waals surface area contributed by atoms with Crippen LogP contribution >= 0.6 is 0 Å². The van der Waals surface area contributed by atoms with Crippen LogP contribution in [-0.4, -0.2) is 15.0 Å². The van der Waals surface area contributed by atoms with E-state index in [0.29, 0.717) is 17.5 Å². The highest BCUT2D eigenvalue weighted by Crippen LogP contribution is 2.50. The molecular formula is C43H23N3O2. The molecule has 0 atom stereocenters. The summed E-state index contributed by atoms with van der Waals surface area (Å²) < 4.78 is 12.9. The van der Waals surface area contributed by atoms with E-state index in [1.54, 1.807) is 0 Å². The first-order chi connectivity index (χ1) is 23.8. The predicted molar refractivity (Wildman–Crippen MR) is 193 cm³/mol. The Morgan fingerprint density at radius 2 is 1.00 bits per heavy atom. The van der Waals surface area contributed by atoms with E-state index in [1.807, 2.05) is 60.7 Å². The zero-order chi connectivity index (χ0) is 31.3. The number of aromatic nitrogens is 3.